The van der Waals surface area contributed by atoms with Gasteiger partial charge in [0.25, 0.3) is 0 Å². The lowest BCUT2D eigenvalue weighted by Crippen LogP contribution is -2.66. The fraction of sp³-hybridized carbons (Fsp3) is 0.650. The summed E-state index contributed by atoms with van der Waals surface area (Å²) in [5.41, 5.74) is 0.663. The van der Waals surface area contributed by atoms with E-state index in [2.05, 4.69) is 40.8 Å². The monoisotopic (exact) mass is 410 g/mol. The largest absolute Gasteiger partial charge is 0.441 e. The van der Waals surface area contributed by atoms with Crippen molar-refractivity contribution in [1.29, 1.82) is 0 Å². The number of rotatable bonds is 5. The molecule has 0 spiro atoms. The summed E-state index contributed by atoms with van der Waals surface area (Å²) in [6.45, 7) is 14.4. The molecule has 0 saturated carbocycles. The Morgan fingerprint density at radius 1 is 1.36 bits per heavy atom. The van der Waals surface area contributed by atoms with Gasteiger partial charge in [-0.1, -0.05) is 20.8 Å². The van der Waals surface area contributed by atoms with Crippen LogP contribution >= 0.6 is 0 Å². The average molecular weight is 411 g/mol. The fourth-order valence-electron chi connectivity index (χ4n) is 3.51. The molecule has 0 aromatic heterocycles. The lowest BCUT2D eigenvalue weighted by atomic mass is 9.96. The molecule has 1 atom stereocenters. The van der Waals surface area contributed by atoms with Gasteiger partial charge in [-0.2, -0.15) is 0 Å². The molecule has 0 radical (unpaired) electrons. The van der Waals surface area contributed by atoms with E-state index in [1.165, 1.54) is 11.0 Å². The third kappa shape index (κ3) is 3.90. The van der Waals surface area contributed by atoms with E-state index in [1.807, 2.05) is 4.90 Å². The van der Waals surface area contributed by atoms with Gasteiger partial charge in [0.15, 0.2) is 8.32 Å². The predicted octanol–water partition coefficient (Wildman–Crippen LogP) is 3.74. The Balaban J connectivity index is 1.68. The van der Waals surface area contributed by atoms with Crippen LogP contribution < -0.4 is 9.80 Å². The van der Waals surface area contributed by atoms with Gasteiger partial charge in [0.2, 0.25) is 0 Å². The molecular weight excluding hydrogens is 379 g/mol. The van der Waals surface area contributed by atoms with Gasteiger partial charge in [0.1, 0.15) is 11.9 Å². The molecule has 2 aliphatic rings. The minimum Gasteiger partial charge on any atom is -0.441 e. The van der Waals surface area contributed by atoms with Crippen molar-refractivity contribution >= 4 is 25.8 Å². The van der Waals surface area contributed by atoms with Crippen LogP contribution in [0.1, 0.15) is 27.7 Å². The highest BCUT2D eigenvalue weighted by molar-refractivity contribution is 6.74. The second-order valence-electron chi connectivity index (χ2n) is 9.60. The quantitative estimate of drug-likeness (QED) is 0.749. The summed E-state index contributed by atoms with van der Waals surface area (Å²) in [4.78, 5) is 15.2. The molecule has 1 amide bonds. The highest BCUT2D eigenvalue weighted by Gasteiger charge is 2.48. The Morgan fingerprint density at radius 3 is 2.50 bits per heavy atom. The molecule has 2 heterocycles. The number of cyclic esters (lactones) is 1. The highest BCUT2D eigenvalue weighted by Crippen LogP contribution is 2.42. The number of carbonyl (C=O) groups excluding carboxylic acids is 1. The van der Waals surface area contributed by atoms with Crippen molar-refractivity contribution in [2.75, 3.05) is 36.0 Å². The van der Waals surface area contributed by atoms with Crippen molar-refractivity contribution in [3.05, 3.63) is 24.0 Å². The zero-order valence-corrected chi connectivity index (χ0v) is 18.6. The minimum atomic E-state index is -1.90. The molecule has 1 N–H and O–H groups in total. The number of hydrogen-bond donors (Lipinski definition) is 1. The molecule has 8 heteroatoms. The number of ether oxygens (including phenoxy) is 1. The van der Waals surface area contributed by atoms with E-state index in [1.54, 1.807) is 12.1 Å². The van der Waals surface area contributed by atoms with Gasteiger partial charge >= 0.3 is 6.09 Å². The molecule has 156 valence electrons. The number of hydrogen-bond acceptors (Lipinski definition) is 5. The molecule has 0 aliphatic carbocycles. The van der Waals surface area contributed by atoms with E-state index in [-0.39, 0.29) is 29.6 Å². The number of anilines is 2. The first-order valence-electron chi connectivity index (χ1n) is 9.69. The Labute approximate surface area is 167 Å². The summed E-state index contributed by atoms with van der Waals surface area (Å²) in [7, 11) is -1.90. The van der Waals surface area contributed by atoms with Gasteiger partial charge < -0.3 is 19.2 Å². The van der Waals surface area contributed by atoms with Gasteiger partial charge in [-0.15, -0.1) is 0 Å². The Bertz CT molecular complexity index is 759. The summed E-state index contributed by atoms with van der Waals surface area (Å²) < 4.78 is 26.3. The standard InChI is InChI=1S/C20H31FN2O4Si/c1-19(2,3)28(5,6)27-20(4)12-22(13-20)17-8-7-14(9-16(17)21)23-10-15(11-24)26-18(23)25/h7-9,15,24H,10-13H2,1-6H3. The maximum Gasteiger partial charge on any atom is 0.414 e. The van der Waals surface area contributed by atoms with Crippen LogP contribution in [0.4, 0.5) is 20.6 Å². The first-order valence-corrected chi connectivity index (χ1v) is 12.6. The van der Waals surface area contributed by atoms with Crippen LogP contribution in [0.25, 0.3) is 0 Å². The van der Waals surface area contributed by atoms with Gasteiger partial charge in [0.05, 0.1) is 30.1 Å². The van der Waals surface area contributed by atoms with Crippen LogP contribution in [0.15, 0.2) is 18.2 Å². The molecule has 28 heavy (non-hydrogen) atoms. The smallest absolute Gasteiger partial charge is 0.414 e. The Kier molecular flexibility index (Phi) is 5.27. The average Bonchev–Trinajstić information content (AvgIpc) is 2.92. The van der Waals surface area contributed by atoms with Gasteiger partial charge in [-0.3, -0.25) is 4.90 Å². The molecule has 2 aliphatic heterocycles. The van der Waals surface area contributed by atoms with Crippen LogP contribution in [-0.2, 0) is 9.16 Å². The normalized spacial score (nSPS) is 22.3. The van der Waals surface area contributed by atoms with Crippen LogP contribution in [0.5, 0.6) is 0 Å². The molecule has 6 nitrogen and oxygen atoms in total. The van der Waals surface area contributed by atoms with E-state index in [0.717, 1.165) is 0 Å². The zero-order chi connectivity index (χ0) is 20.9. The number of halogens is 1. The topological polar surface area (TPSA) is 62.2 Å². The highest BCUT2D eigenvalue weighted by atomic mass is 28.4. The van der Waals surface area contributed by atoms with Crippen molar-refractivity contribution in [2.24, 2.45) is 0 Å². The van der Waals surface area contributed by atoms with E-state index in [9.17, 15) is 9.18 Å². The van der Waals surface area contributed by atoms with Gasteiger partial charge in [0, 0.05) is 13.1 Å². The summed E-state index contributed by atoms with van der Waals surface area (Å²) in [5, 5.41) is 9.27. The van der Waals surface area contributed by atoms with Gasteiger partial charge in [-0.25, -0.2) is 9.18 Å². The number of aliphatic hydroxyl groups excluding tert-OH is 1. The summed E-state index contributed by atoms with van der Waals surface area (Å²) >= 11 is 0. The van der Waals surface area contributed by atoms with Crippen molar-refractivity contribution in [2.45, 2.75) is 57.5 Å². The van der Waals surface area contributed by atoms with Gasteiger partial charge in [-0.05, 0) is 43.3 Å². The zero-order valence-electron chi connectivity index (χ0n) is 17.6. The number of nitrogens with zero attached hydrogens (tertiary/aromatic N) is 2. The molecular formula is C20H31FN2O4Si. The molecule has 0 bridgehead atoms. The lowest BCUT2D eigenvalue weighted by Gasteiger charge is -2.54. The molecule has 1 aromatic rings. The van der Waals surface area contributed by atoms with Crippen molar-refractivity contribution in [1.82, 2.24) is 0 Å². The predicted molar refractivity (Wildman–Crippen MR) is 110 cm³/mol. The first-order chi connectivity index (χ1) is 12.9. The SMILES string of the molecule is CC1(O[Si](C)(C)C(C)(C)C)CN(c2ccc(N3CC(CO)OC3=O)cc2F)C1. The lowest BCUT2D eigenvalue weighted by molar-refractivity contribution is 0.0427. The molecule has 3 rings (SSSR count). The van der Waals surface area contributed by atoms with E-state index in [4.69, 9.17) is 14.3 Å². The number of carbonyl (C=O) groups is 1. The molecule has 2 fully saturated rings. The maximum absolute atomic E-state index is 14.8. The minimum absolute atomic E-state index is 0.125. The molecule has 1 aromatic carbocycles. The third-order valence-electron chi connectivity index (χ3n) is 6.02. The molecule has 2 saturated heterocycles. The fourth-order valence-corrected chi connectivity index (χ4v) is 5.18. The van der Waals surface area contributed by atoms with Crippen LogP contribution in [0, 0.1) is 5.82 Å². The van der Waals surface area contributed by atoms with Crippen molar-refractivity contribution < 1.29 is 23.5 Å². The molecule has 1 unspecified atom stereocenters. The third-order valence-corrected chi connectivity index (χ3v) is 10.6. The van der Waals surface area contributed by atoms with Crippen molar-refractivity contribution in [3.8, 4) is 0 Å². The number of amides is 1. The summed E-state index contributed by atoms with van der Waals surface area (Å²) in [5.74, 6) is -0.382. The number of benzene rings is 1. The van der Waals surface area contributed by atoms with Crippen LogP contribution in [0.3, 0.4) is 0 Å². The first kappa shape index (κ1) is 21.1. The Morgan fingerprint density at radius 2 is 2.00 bits per heavy atom. The maximum atomic E-state index is 14.8. The Hall–Kier alpha value is -1.64. The van der Waals surface area contributed by atoms with Crippen LogP contribution in [0.2, 0.25) is 18.1 Å². The second-order valence-corrected chi connectivity index (χ2v) is 14.3. The summed E-state index contributed by atoms with van der Waals surface area (Å²) in [6, 6.07) is 4.75. The van der Waals surface area contributed by atoms with E-state index < -0.39 is 20.5 Å². The summed E-state index contributed by atoms with van der Waals surface area (Å²) in [6.07, 6.45) is -1.13. The second kappa shape index (κ2) is 7.00. The van der Waals surface area contributed by atoms with Crippen molar-refractivity contribution in [3.63, 3.8) is 0 Å². The van der Waals surface area contributed by atoms with E-state index in [0.29, 0.717) is 24.5 Å². The van der Waals surface area contributed by atoms with E-state index >= 15 is 0 Å². The van der Waals surface area contributed by atoms with Crippen LogP contribution in [-0.4, -0.2) is 57.5 Å². The number of aliphatic hydroxyl groups is 1.